The van der Waals surface area contributed by atoms with Crippen LogP contribution >= 0.6 is 11.6 Å². The summed E-state index contributed by atoms with van der Waals surface area (Å²) in [6, 6.07) is 11.1. The molecule has 0 saturated carbocycles. The number of benzene rings is 2. The van der Waals surface area contributed by atoms with Crippen LogP contribution in [0.15, 0.2) is 51.7 Å². The van der Waals surface area contributed by atoms with E-state index in [1.54, 1.807) is 65.0 Å². The lowest BCUT2D eigenvalue weighted by molar-refractivity contribution is -0.141. The minimum absolute atomic E-state index is 0.0841. The molecular weight excluding hydrogens is 576 g/mol. The van der Waals surface area contributed by atoms with Gasteiger partial charge < -0.3 is 29.0 Å². The summed E-state index contributed by atoms with van der Waals surface area (Å²) < 4.78 is 16.6. The van der Waals surface area contributed by atoms with Crippen LogP contribution in [0.2, 0.25) is 5.02 Å². The predicted molar refractivity (Wildman–Crippen MR) is 167 cm³/mol. The van der Waals surface area contributed by atoms with Crippen molar-refractivity contribution in [1.29, 1.82) is 0 Å². The van der Waals surface area contributed by atoms with Crippen molar-refractivity contribution < 1.29 is 28.3 Å². The van der Waals surface area contributed by atoms with Gasteiger partial charge in [-0.15, -0.1) is 0 Å². The summed E-state index contributed by atoms with van der Waals surface area (Å²) in [6.07, 6.45) is -1.52. The lowest BCUT2D eigenvalue weighted by Gasteiger charge is -2.24. The van der Waals surface area contributed by atoms with Gasteiger partial charge in [0, 0.05) is 54.0 Å². The van der Waals surface area contributed by atoms with Gasteiger partial charge in [0.2, 0.25) is 5.91 Å². The number of carbonyl (C=O) groups excluding carboxylic acids is 3. The molecule has 0 aliphatic heterocycles. The van der Waals surface area contributed by atoms with Crippen LogP contribution in [-0.4, -0.2) is 79.7 Å². The first-order valence-electron chi connectivity index (χ1n) is 13.9. The van der Waals surface area contributed by atoms with E-state index in [0.29, 0.717) is 52.6 Å². The minimum atomic E-state index is -0.902. The zero-order valence-electron chi connectivity index (χ0n) is 25.6. The number of rotatable bonds is 11. The number of likely N-dealkylation sites (N-methyl/N-ethyl adjacent to an activating group) is 2. The van der Waals surface area contributed by atoms with Gasteiger partial charge in [0.05, 0.1) is 11.6 Å². The van der Waals surface area contributed by atoms with Crippen LogP contribution in [-0.2, 0) is 14.3 Å². The molecular formula is C31H39ClN4O7. The lowest BCUT2D eigenvalue weighted by atomic mass is 10.0. The Morgan fingerprint density at radius 2 is 1.77 bits per heavy atom. The molecule has 12 heteroatoms. The monoisotopic (exact) mass is 614 g/mol. The molecule has 3 amide bonds. The second-order valence-corrected chi connectivity index (χ2v) is 11.6. The largest absolute Gasteiger partial charge is 0.481 e. The molecule has 0 unspecified atom stereocenters. The van der Waals surface area contributed by atoms with E-state index in [9.17, 15) is 19.2 Å². The molecule has 0 bridgehead atoms. The normalized spacial score (nSPS) is 12.1. The van der Waals surface area contributed by atoms with Crippen LogP contribution in [0.4, 0.5) is 10.5 Å². The number of anilines is 1. The van der Waals surface area contributed by atoms with Crippen LogP contribution in [0.3, 0.4) is 0 Å². The van der Waals surface area contributed by atoms with Gasteiger partial charge in [-0.1, -0.05) is 17.7 Å². The standard InChI is InChI=1S/C31H39ClN4O7/c1-8-36(18-27(37)33-13-14-35(6)7)29(39)19(2)41-21-10-12-23-24(17-28(38)42-26(23)16-21)22-11-9-20(15-25(22)32)34-30(40)43-31(3,4)5/h9-12,15-17,19H,8,13-14,18H2,1-7H3,(H,33,37)(H,34,40)/t19-/m1/s1. The average Bonchev–Trinajstić information content (AvgIpc) is 2.89. The number of hydrogen-bond acceptors (Lipinski definition) is 8. The third-order valence-electron chi connectivity index (χ3n) is 6.19. The number of hydrogen-bond donors (Lipinski definition) is 2. The molecule has 1 heterocycles. The molecule has 3 rings (SSSR count). The molecule has 0 fully saturated rings. The van der Waals surface area contributed by atoms with Gasteiger partial charge in [0.15, 0.2) is 6.10 Å². The van der Waals surface area contributed by atoms with Crippen molar-refractivity contribution in [3.8, 4) is 16.9 Å². The first kappa shape index (κ1) is 33.4. The zero-order chi connectivity index (χ0) is 31.9. The molecule has 232 valence electrons. The molecule has 2 N–H and O–H groups in total. The van der Waals surface area contributed by atoms with Crippen LogP contribution in [0.5, 0.6) is 5.75 Å². The Kier molecular flexibility index (Phi) is 11.2. The Bertz CT molecular complexity index is 1530. The fourth-order valence-electron chi connectivity index (χ4n) is 4.18. The first-order valence-corrected chi connectivity index (χ1v) is 14.3. The van der Waals surface area contributed by atoms with E-state index in [1.165, 1.54) is 17.0 Å². The van der Waals surface area contributed by atoms with Crippen LogP contribution in [0, 0.1) is 0 Å². The first-order chi connectivity index (χ1) is 20.2. The second kappa shape index (κ2) is 14.4. The van der Waals surface area contributed by atoms with Gasteiger partial charge in [0.25, 0.3) is 5.91 Å². The Morgan fingerprint density at radius 3 is 2.40 bits per heavy atom. The van der Waals surface area contributed by atoms with E-state index in [4.69, 9.17) is 25.5 Å². The highest BCUT2D eigenvalue weighted by Gasteiger charge is 2.24. The fraction of sp³-hybridized carbons (Fsp3) is 0.419. The molecule has 0 saturated heterocycles. The number of nitrogens with zero attached hydrogens (tertiary/aromatic N) is 2. The zero-order valence-corrected chi connectivity index (χ0v) is 26.3. The summed E-state index contributed by atoms with van der Waals surface area (Å²) in [4.78, 5) is 53.3. The molecule has 43 heavy (non-hydrogen) atoms. The fourth-order valence-corrected chi connectivity index (χ4v) is 4.46. The van der Waals surface area contributed by atoms with Crippen molar-refractivity contribution in [2.75, 3.05) is 45.6 Å². The Morgan fingerprint density at radius 1 is 1.05 bits per heavy atom. The number of fused-ring (bicyclic) bond motifs is 1. The van der Waals surface area contributed by atoms with Crippen molar-refractivity contribution in [1.82, 2.24) is 15.1 Å². The average molecular weight is 615 g/mol. The molecule has 1 aromatic heterocycles. The number of carbonyl (C=O) groups is 3. The summed E-state index contributed by atoms with van der Waals surface area (Å²) in [6.45, 7) is 10.1. The number of ether oxygens (including phenoxy) is 2. The molecule has 0 spiro atoms. The third kappa shape index (κ3) is 9.72. The summed E-state index contributed by atoms with van der Waals surface area (Å²) in [5.41, 5.74) is 0.474. The lowest BCUT2D eigenvalue weighted by Crippen LogP contribution is -2.46. The minimum Gasteiger partial charge on any atom is -0.481 e. The summed E-state index contributed by atoms with van der Waals surface area (Å²) in [5.74, 6) is -0.299. The smallest absolute Gasteiger partial charge is 0.412 e. The molecule has 2 aromatic carbocycles. The van der Waals surface area contributed by atoms with Crippen molar-refractivity contribution in [3.05, 3.63) is 57.9 Å². The Balaban J connectivity index is 1.77. The number of halogens is 1. The van der Waals surface area contributed by atoms with Crippen LogP contribution < -0.4 is 21.0 Å². The number of amides is 3. The second-order valence-electron chi connectivity index (χ2n) is 11.2. The topological polar surface area (TPSA) is 130 Å². The van der Waals surface area contributed by atoms with E-state index in [1.807, 2.05) is 19.0 Å². The van der Waals surface area contributed by atoms with Gasteiger partial charge in [-0.3, -0.25) is 14.9 Å². The highest BCUT2D eigenvalue weighted by Crippen LogP contribution is 2.35. The highest BCUT2D eigenvalue weighted by molar-refractivity contribution is 6.34. The van der Waals surface area contributed by atoms with E-state index in [2.05, 4.69) is 10.6 Å². The Hall–Kier alpha value is -4.09. The quantitative estimate of drug-likeness (QED) is 0.296. The van der Waals surface area contributed by atoms with Crippen molar-refractivity contribution in [2.24, 2.45) is 0 Å². The molecule has 0 aliphatic carbocycles. The van der Waals surface area contributed by atoms with E-state index < -0.39 is 23.4 Å². The van der Waals surface area contributed by atoms with Gasteiger partial charge in [-0.2, -0.15) is 0 Å². The SMILES string of the molecule is CCN(CC(=O)NCCN(C)C)C(=O)[C@@H](C)Oc1ccc2c(-c3ccc(NC(=O)OC(C)(C)C)cc3Cl)cc(=O)oc2c1. The van der Waals surface area contributed by atoms with E-state index in [-0.39, 0.29) is 23.9 Å². The maximum atomic E-state index is 13.0. The molecule has 3 aromatic rings. The van der Waals surface area contributed by atoms with E-state index >= 15 is 0 Å². The van der Waals surface area contributed by atoms with Crippen molar-refractivity contribution in [2.45, 2.75) is 46.3 Å². The summed E-state index contributed by atoms with van der Waals surface area (Å²) in [7, 11) is 3.82. The number of nitrogens with one attached hydrogen (secondary N) is 2. The third-order valence-corrected chi connectivity index (χ3v) is 6.50. The van der Waals surface area contributed by atoms with E-state index in [0.717, 1.165) is 0 Å². The molecule has 0 aliphatic rings. The van der Waals surface area contributed by atoms with Gasteiger partial charge >= 0.3 is 11.7 Å². The van der Waals surface area contributed by atoms with Crippen molar-refractivity contribution in [3.63, 3.8) is 0 Å². The van der Waals surface area contributed by atoms with Gasteiger partial charge in [-0.25, -0.2) is 9.59 Å². The highest BCUT2D eigenvalue weighted by atomic mass is 35.5. The van der Waals surface area contributed by atoms with Gasteiger partial charge in [-0.05, 0) is 73.0 Å². The Labute approximate surface area is 256 Å². The van der Waals surface area contributed by atoms with Gasteiger partial charge in [0.1, 0.15) is 16.9 Å². The molecule has 11 nitrogen and oxygen atoms in total. The summed E-state index contributed by atoms with van der Waals surface area (Å²) >= 11 is 6.57. The summed E-state index contributed by atoms with van der Waals surface area (Å²) in [5, 5.41) is 6.32. The van der Waals surface area contributed by atoms with Crippen LogP contribution in [0.25, 0.3) is 22.1 Å². The van der Waals surface area contributed by atoms with Crippen molar-refractivity contribution >= 4 is 46.2 Å². The maximum absolute atomic E-state index is 13.0. The predicted octanol–water partition coefficient (Wildman–Crippen LogP) is 4.75. The maximum Gasteiger partial charge on any atom is 0.412 e. The molecule has 1 atom stereocenters. The molecule has 0 radical (unpaired) electrons. The van der Waals surface area contributed by atoms with Crippen LogP contribution in [0.1, 0.15) is 34.6 Å².